The molecule has 0 heterocycles. The molecule has 0 spiro atoms. The van der Waals surface area contributed by atoms with Crippen LogP contribution in [0.2, 0.25) is 0 Å². The highest BCUT2D eigenvalue weighted by Crippen LogP contribution is 2.21. The highest BCUT2D eigenvalue weighted by atomic mass is 32.2. The maximum absolute atomic E-state index is 12.4. The van der Waals surface area contributed by atoms with Gasteiger partial charge in [0.2, 0.25) is 10.0 Å². The number of aryl methyl sites for hydroxylation is 1. The zero-order valence-corrected chi connectivity index (χ0v) is 12.3. The van der Waals surface area contributed by atoms with E-state index in [1.807, 2.05) is 13.8 Å². The summed E-state index contributed by atoms with van der Waals surface area (Å²) in [5.41, 5.74) is 7.27. The van der Waals surface area contributed by atoms with Gasteiger partial charge >= 0.3 is 0 Å². The lowest BCUT2D eigenvalue weighted by Gasteiger charge is -2.21. The molecule has 108 valence electrons. The molecular formula is C13H22N2O3S. The minimum absolute atomic E-state index is 0.103. The van der Waals surface area contributed by atoms with Crippen LogP contribution in [0.3, 0.4) is 0 Å². The smallest absolute Gasteiger partial charge is 0.243 e. The minimum Gasteiger partial charge on any atom is -0.398 e. The zero-order chi connectivity index (χ0) is 14.5. The number of sulfonamides is 1. The van der Waals surface area contributed by atoms with Crippen LogP contribution in [-0.4, -0.2) is 37.5 Å². The maximum atomic E-state index is 12.4. The molecule has 0 radical (unpaired) electrons. The Morgan fingerprint density at radius 3 is 2.42 bits per heavy atom. The Morgan fingerprint density at radius 1 is 1.26 bits per heavy atom. The van der Waals surface area contributed by atoms with Gasteiger partial charge in [-0.05, 0) is 30.5 Å². The Bertz CT molecular complexity index is 509. The van der Waals surface area contributed by atoms with Crippen molar-refractivity contribution >= 4 is 15.7 Å². The molecule has 0 saturated carbocycles. The van der Waals surface area contributed by atoms with Crippen molar-refractivity contribution in [2.45, 2.75) is 31.6 Å². The van der Waals surface area contributed by atoms with Crippen molar-refractivity contribution in [3.63, 3.8) is 0 Å². The Labute approximate surface area is 115 Å². The molecule has 19 heavy (non-hydrogen) atoms. The number of nitrogen functional groups attached to an aromatic ring is 1. The summed E-state index contributed by atoms with van der Waals surface area (Å²) in [6.07, 6.45) is 1.46. The normalized spacial score (nSPS) is 12.0. The van der Waals surface area contributed by atoms with E-state index in [-0.39, 0.29) is 18.0 Å². The topological polar surface area (TPSA) is 83.6 Å². The molecule has 0 aromatic heterocycles. The Morgan fingerprint density at radius 2 is 1.95 bits per heavy atom. The summed E-state index contributed by atoms with van der Waals surface area (Å²) in [6, 6.07) is 4.81. The first kappa shape index (κ1) is 15.9. The molecule has 3 N–H and O–H groups in total. The van der Waals surface area contributed by atoms with Crippen LogP contribution in [0.15, 0.2) is 23.1 Å². The first-order valence-electron chi connectivity index (χ1n) is 6.46. The third-order valence-corrected chi connectivity index (χ3v) is 4.85. The molecule has 1 aromatic carbocycles. The average molecular weight is 286 g/mol. The summed E-state index contributed by atoms with van der Waals surface area (Å²) < 4.78 is 26.1. The van der Waals surface area contributed by atoms with Crippen LogP contribution >= 0.6 is 0 Å². The Balaban J connectivity index is 3.14. The van der Waals surface area contributed by atoms with Gasteiger partial charge in [0.05, 0.1) is 11.5 Å². The zero-order valence-electron chi connectivity index (χ0n) is 11.5. The van der Waals surface area contributed by atoms with Crippen LogP contribution in [0.4, 0.5) is 5.69 Å². The Kier molecular flexibility index (Phi) is 5.78. The van der Waals surface area contributed by atoms with E-state index in [2.05, 4.69) is 0 Å². The predicted molar refractivity (Wildman–Crippen MR) is 76.4 cm³/mol. The second-order valence-corrected chi connectivity index (χ2v) is 6.28. The molecular weight excluding hydrogens is 264 g/mol. The predicted octanol–water partition coefficient (Wildman–Crippen LogP) is 1.22. The van der Waals surface area contributed by atoms with Crippen molar-refractivity contribution in [3.8, 4) is 0 Å². The maximum Gasteiger partial charge on any atom is 0.243 e. The third-order valence-electron chi connectivity index (χ3n) is 2.96. The number of hydrogen-bond donors (Lipinski definition) is 2. The van der Waals surface area contributed by atoms with E-state index in [1.165, 1.54) is 10.4 Å². The molecule has 0 fully saturated rings. The van der Waals surface area contributed by atoms with Crippen LogP contribution in [-0.2, 0) is 16.4 Å². The van der Waals surface area contributed by atoms with E-state index < -0.39 is 10.0 Å². The second-order valence-electron chi connectivity index (χ2n) is 4.34. The van der Waals surface area contributed by atoms with Gasteiger partial charge < -0.3 is 10.8 Å². The summed E-state index contributed by atoms with van der Waals surface area (Å²) in [5, 5.41) is 8.98. The molecule has 0 bridgehead atoms. The number of benzene rings is 1. The van der Waals surface area contributed by atoms with Crippen LogP contribution < -0.4 is 5.73 Å². The summed E-state index contributed by atoms with van der Waals surface area (Å²) in [7, 11) is -3.58. The highest BCUT2D eigenvalue weighted by Gasteiger charge is 2.23. The third kappa shape index (κ3) is 3.68. The molecule has 0 atom stereocenters. The van der Waals surface area contributed by atoms with E-state index in [1.54, 1.807) is 12.1 Å². The lowest BCUT2D eigenvalue weighted by atomic mass is 10.1. The summed E-state index contributed by atoms with van der Waals surface area (Å²) in [6.45, 7) is 4.16. The first-order valence-corrected chi connectivity index (χ1v) is 7.90. The SMILES string of the molecule is CCCN(CCO)S(=O)(=O)c1ccc(CC)c(N)c1. The summed E-state index contributed by atoms with van der Waals surface area (Å²) >= 11 is 0. The summed E-state index contributed by atoms with van der Waals surface area (Å²) in [4.78, 5) is 0.184. The number of nitrogens with two attached hydrogens (primary N) is 1. The molecule has 5 nitrogen and oxygen atoms in total. The largest absolute Gasteiger partial charge is 0.398 e. The standard InChI is InChI=1S/C13H22N2O3S/c1-3-7-15(8-9-16)19(17,18)12-6-5-11(4-2)13(14)10-12/h5-6,10,16H,3-4,7-9,14H2,1-2H3. The quantitative estimate of drug-likeness (QED) is 0.738. The molecule has 0 unspecified atom stereocenters. The molecule has 0 aliphatic rings. The van der Waals surface area contributed by atoms with Gasteiger partial charge in [0.25, 0.3) is 0 Å². The molecule has 0 amide bonds. The van der Waals surface area contributed by atoms with E-state index in [4.69, 9.17) is 10.8 Å². The van der Waals surface area contributed by atoms with Crippen LogP contribution in [0, 0.1) is 0 Å². The van der Waals surface area contributed by atoms with Gasteiger partial charge in [-0.2, -0.15) is 4.31 Å². The van der Waals surface area contributed by atoms with E-state index >= 15 is 0 Å². The van der Waals surface area contributed by atoms with Crippen molar-refractivity contribution in [2.24, 2.45) is 0 Å². The number of nitrogens with zero attached hydrogens (tertiary/aromatic N) is 1. The first-order chi connectivity index (χ1) is 8.97. The van der Waals surface area contributed by atoms with Crippen LogP contribution in [0.25, 0.3) is 0 Å². The fourth-order valence-corrected chi connectivity index (χ4v) is 3.48. The fourth-order valence-electron chi connectivity index (χ4n) is 1.92. The molecule has 6 heteroatoms. The van der Waals surface area contributed by atoms with Crippen LogP contribution in [0.5, 0.6) is 0 Å². The molecule has 1 aromatic rings. The monoisotopic (exact) mass is 286 g/mol. The number of hydrogen-bond acceptors (Lipinski definition) is 4. The molecule has 1 rings (SSSR count). The van der Waals surface area contributed by atoms with Crippen molar-refractivity contribution in [1.29, 1.82) is 0 Å². The number of anilines is 1. The van der Waals surface area contributed by atoms with Gasteiger partial charge in [0.15, 0.2) is 0 Å². The summed E-state index contributed by atoms with van der Waals surface area (Å²) in [5.74, 6) is 0. The van der Waals surface area contributed by atoms with E-state index in [0.29, 0.717) is 18.7 Å². The fraction of sp³-hybridized carbons (Fsp3) is 0.538. The number of aliphatic hydroxyl groups excluding tert-OH is 1. The van der Waals surface area contributed by atoms with Crippen molar-refractivity contribution < 1.29 is 13.5 Å². The van der Waals surface area contributed by atoms with Gasteiger partial charge in [-0.25, -0.2) is 8.42 Å². The number of aliphatic hydroxyl groups is 1. The number of rotatable bonds is 7. The Hall–Kier alpha value is -1.11. The van der Waals surface area contributed by atoms with E-state index in [9.17, 15) is 8.42 Å². The van der Waals surface area contributed by atoms with E-state index in [0.717, 1.165) is 12.0 Å². The average Bonchev–Trinajstić information content (AvgIpc) is 2.38. The van der Waals surface area contributed by atoms with Crippen molar-refractivity contribution in [1.82, 2.24) is 4.31 Å². The van der Waals surface area contributed by atoms with Gasteiger partial charge in [-0.3, -0.25) is 0 Å². The van der Waals surface area contributed by atoms with Gasteiger partial charge in [-0.15, -0.1) is 0 Å². The van der Waals surface area contributed by atoms with Crippen molar-refractivity contribution in [2.75, 3.05) is 25.4 Å². The molecule has 0 aliphatic heterocycles. The highest BCUT2D eigenvalue weighted by molar-refractivity contribution is 7.89. The lowest BCUT2D eigenvalue weighted by molar-refractivity contribution is 0.253. The minimum atomic E-state index is -3.58. The molecule has 0 saturated heterocycles. The van der Waals surface area contributed by atoms with Gasteiger partial charge in [-0.1, -0.05) is 19.9 Å². The van der Waals surface area contributed by atoms with Gasteiger partial charge in [0.1, 0.15) is 0 Å². The second kappa shape index (κ2) is 6.88. The van der Waals surface area contributed by atoms with Crippen molar-refractivity contribution in [3.05, 3.63) is 23.8 Å². The van der Waals surface area contributed by atoms with Crippen LogP contribution in [0.1, 0.15) is 25.8 Å². The lowest BCUT2D eigenvalue weighted by Crippen LogP contribution is -2.34. The van der Waals surface area contributed by atoms with Gasteiger partial charge in [0, 0.05) is 18.8 Å². The molecule has 0 aliphatic carbocycles.